The second kappa shape index (κ2) is 12.0. The molecule has 0 radical (unpaired) electrons. The number of esters is 1. The van der Waals surface area contributed by atoms with Crippen LogP contribution in [-0.4, -0.2) is 87.0 Å². The molecule has 41 heavy (non-hydrogen) atoms. The Balaban J connectivity index is 1.38. The van der Waals surface area contributed by atoms with Crippen molar-refractivity contribution in [2.45, 2.75) is 44.6 Å². The van der Waals surface area contributed by atoms with E-state index in [1.54, 1.807) is 24.0 Å². The van der Waals surface area contributed by atoms with Crippen LogP contribution in [0.25, 0.3) is 10.2 Å². The quantitative estimate of drug-likeness (QED) is 0.361. The van der Waals surface area contributed by atoms with E-state index in [4.69, 9.17) is 4.74 Å². The summed E-state index contributed by atoms with van der Waals surface area (Å²) in [5, 5.41) is 4.01. The average molecular weight is 600 g/mol. The highest BCUT2D eigenvalue weighted by Crippen LogP contribution is 2.36. The topological polar surface area (TPSA) is 121 Å². The number of rotatable bonds is 9. The number of benzene rings is 2. The number of sulfonamides is 1. The van der Waals surface area contributed by atoms with Gasteiger partial charge in [-0.3, -0.25) is 14.5 Å². The SMILES string of the molecule is CCOC(=O)CN1CCN(C(=O)[C@H](Cc2nc3ccccc3s2)NS(=O)(=O)c2cccc3c2NCC(C)(C)C3)CC1. The number of ether oxygens (including phenoxy) is 1. The fraction of sp³-hybridized carbons (Fsp3) is 0.483. The van der Waals surface area contributed by atoms with Gasteiger partial charge in [0.05, 0.1) is 34.1 Å². The lowest BCUT2D eigenvalue weighted by Gasteiger charge is -2.36. The molecule has 1 amide bonds. The van der Waals surface area contributed by atoms with Gasteiger partial charge in [-0.2, -0.15) is 4.72 Å². The minimum atomic E-state index is -4.06. The van der Waals surface area contributed by atoms with Crippen LogP contribution >= 0.6 is 11.3 Å². The minimum absolute atomic E-state index is 0.00355. The monoisotopic (exact) mass is 599 g/mol. The van der Waals surface area contributed by atoms with Gasteiger partial charge in [0.25, 0.3) is 0 Å². The van der Waals surface area contributed by atoms with E-state index < -0.39 is 16.1 Å². The largest absolute Gasteiger partial charge is 0.465 e. The lowest BCUT2D eigenvalue weighted by molar-refractivity contribution is -0.145. The molecule has 3 aromatic rings. The van der Waals surface area contributed by atoms with Crippen molar-refractivity contribution in [2.24, 2.45) is 5.41 Å². The third-order valence-electron chi connectivity index (χ3n) is 7.47. The highest BCUT2D eigenvalue weighted by atomic mass is 32.2. The van der Waals surface area contributed by atoms with Gasteiger partial charge < -0.3 is 15.0 Å². The van der Waals surface area contributed by atoms with E-state index >= 15 is 0 Å². The minimum Gasteiger partial charge on any atom is -0.465 e. The summed E-state index contributed by atoms with van der Waals surface area (Å²) in [6.07, 6.45) is 0.888. The Morgan fingerprint density at radius 2 is 1.88 bits per heavy atom. The lowest BCUT2D eigenvalue weighted by Crippen LogP contribution is -2.56. The maximum atomic E-state index is 13.9. The first kappa shape index (κ1) is 29.4. The van der Waals surface area contributed by atoms with Crippen molar-refractivity contribution < 1.29 is 22.7 Å². The van der Waals surface area contributed by atoms with Crippen molar-refractivity contribution in [3.63, 3.8) is 0 Å². The number of thiazole rings is 1. The molecule has 220 valence electrons. The summed E-state index contributed by atoms with van der Waals surface area (Å²) < 4.78 is 36.5. The van der Waals surface area contributed by atoms with Crippen molar-refractivity contribution in [2.75, 3.05) is 51.2 Å². The molecule has 3 heterocycles. The van der Waals surface area contributed by atoms with Crippen LogP contribution in [0.4, 0.5) is 5.69 Å². The number of carbonyl (C=O) groups is 2. The Morgan fingerprint density at radius 1 is 1.12 bits per heavy atom. The van der Waals surface area contributed by atoms with E-state index in [9.17, 15) is 18.0 Å². The number of para-hydroxylation sites is 2. The molecule has 1 aromatic heterocycles. The Labute approximate surface area is 245 Å². The normalized spacial score (nSPS) is 18.0. The van der Waals surface area contributed by atoms with E-state index in [0.717, 1.165) is 22.2 Å². The van der Waals surface area contributed by atoms with Crippen molar-refractivity contribution in [3.05, 3.63) is 53.0 Å². The number of nitrogens with one attached hydrogen (secondary N) is 2. The fourth-order valence-electron chi connectivity index (χ4n) is 5.40. The molecule has 5 rings (SSSR count). The third-order valence-corrected chi connectivity index (χ3v) is 10.0. The van der Waals surface area contributed by atoms with Gasteiger partial charge >= 0.3 is 5.97 Å². The predicted octanol–water partition coefficient (Wildman–Crippen LogP) is 2.89. The molecule has 10 nitrogen and oxygen atoms in total. The first-order chi connectivity index (χ1) is 19.5. The highest BCUT2D eigenvalue weighted by molar-refractivity contribution is 7.89. The number of anilines is 1. The van der Waals surface area contributed by atoms with Gasteiger partial charge in [0.15, 0.2) is 0 Å². The van der Waals surface area contributed by atoms with Gasteiger partial charge in [0.1, 0.15) is 10.9 Å². The average Bonchev–Trinajstić information content (AvgIpc) is 3.34. The summed E-state index contributed by atoms with van der Waals surface area (Å²) in [5.41, 5.74) is 2.36. The van der Waals surface area contributed by atoms with E-state index in [-0.39, 0.29) is 35.2 Å². The maximum absolute atomic E-state index is 13.9. The van der Waals surface area contributed by atoms with Crippen LogP contribution < -0.4 is 10.0 Å². The van der Waals surface area contributed by atoms with Crippen molar-refractivity contribution in [3.8, 4) is 0 Å². The maximum Gasteiger partial charge on any atom is 0.320 e. The predicted molar refractivity (Wildman–Crippen MR) is 160 cm³/mol. The molecular weight excluding hydrogens is 562 g/mol. The number of nitrogens with zero attached hydrogens (tertiary/aromatic N) is 3. The zero-order valence-electron chi connectivity index (χ0n) is 23.7. The third kappa shape index (κ3) is 6.88. The van der Waals surface area contributed by atoms with Crippen molar-refractivity contribution in [1.82, 2.24) is 19.5 Å². The van der Waals surface area contributed by atoms with Gasteiger partial charge in [0, 0.05) is 39.1 Å². The molecule has 0 bridgehead atoms. The summed E-state index contributed by atoms with van der Waals surface area (Å²) in [6.45, 7) is 8.95. The Morgan fingerprint density at radius 3 is 2.61 bits per heavy atom. The fourth-order valence-corrected chi connectivity index (χ4v) is 7.83. The summed E-state index contributed by atoms with van der Waals surface area (Å²) in [7, 11) is -4.06. The van der Waals surface area contributed by atoms with Gasteiger partial charge in [-0.25, -0.2) is 13.4 Å². The van der Waals surface area contributed by atoms with Gasteiger partial charge in [-0.05, 0) is 42.5 Å². The van der Waals surface area contributed by atoms with Crippen LogP contribution in [0.2, 0.25) is 0 Å². The summed E-state index contributed by atoms with van der Waals surface area (Å²) in [4.78, 5) is 34.2. The number of hydrogen-bond donors (Lipinski definition) is 2. The molecule has 1 fully saturated rings. The molecule has 1 atom stereocenters. The summed E-state index contributed by atoms with van der Waals surface area (Å²) >= 11 is 1.46. The van der Waals surface area contributed by atoms with E-state index in [2.05, 4.69) is 28.9 Å². The van der Waals surface area contributed by atoms with Gasteiger partial charge in [-0.1, -0.05) is 38.1 Å². The molecule has 0 spiro atoms. The van der Waals surface area contributed by atoms with Crippen LogP contribution in [0, 0.1) is 5.41 Å². The number of fused-ring (bicyclic) bond motifs is 2. The van der Waals surface area contributed by atoms with Crippen LogP contribution in [0.3, 0.4) is 0 Å². The lowest BCUT2D eigenvalue weighted by atomic mass is 9.82. The van der Waals surface area contributed by atoms with Gasteiger partial charge in [0.2, 0.25) is 15.9 Å². The second-order valence-corrected chi connectivity index (χ2v) is 14.1. The molecule has 2 aliphatic heterocycles. The molecule has 0 unspecified atom stereocenters. The Bertz CT molecular complexity index is 1500. The first-order valence-electron chi connectivity index (χ1n) is 13.9. The molecule has 2 aromatic carbocycles. The number of carbonyl (C=O) groups excluding carboxylic acids is 2. The Kier molecular flexibility index (Phi) is 8.65. The van der Waals surface area contributed by atoms with Crippen molar-refractivity contribution in [1.29, 1.82) is 0 Å². The summed E-state index contributed by atoms with van der Waals surface area (Å²) in [5.74, 6) is -0.598. The molecule has 2 N–H and O–H groups in total. The van der Waals surface area contributed by atoms with E-state index in [1.807, 2.05) is 35.2 Å². The van der Waals surface area contributed by atoms with E-state index in [0.29, 0.717) is 50.0 Å². The smallest absolute Gasteiger partial charge is 0.320 e. The number of amides is 1. The molecule has 0 aliphatic carbocycles. The number of hydrogen-bond acceptors (Lipinski definition) is 9. The van der Waals surface area contributed by atoms with Crippen molar-refractivity contribution >= 4 is 49.1 Å². The standard InChI is InChI=1S/C29H37N5O5S2/c1-4-39-26(35)18-33-12-14-34(15-13-33)28(36)22(16-25-31-21-9-5-6-10-23(21)40-25)32-41(37,38)24-11-7-8-20-17-29(2,3)19-30-27(20)24/h5-11,22,30,32H,4,12-19H2,1-3H3/t22-/m0/s1. The van der Waals surface area contributed by atoms with Crippen LogP contribution in [0.5, 0.6) is 0 Å². The summed E-state index contributed by atoms with van der Waals surface area (Å²) in [6, 6.07) is 11.9. The second-order valence-electron chi connectivity index (χ2n) is 11.3. The zero-order chi connectivity index (χ0) is 29.2. The molecular formula is C29H37N5O5S2. The molecule has 12 heteroatoms. The number of aromatic nitrogens is 1. The molecule has 2 aliphatic rings. The highest BCUT2D eigenvalue weighted by Gasteiger charge is 2.35. The first-order valence-corrected chi connectivity index (χ1v) is 16.2. The van der Waals surface area contributed by atoms with Crippen LogP contribution in [0.1, 0.15) is 31.3 Å². The number of piperazine rings is 1. The zero-order valence-corrected chi connectivity index (χ0v) is 25.3. The van der Waals surface area contributed by atoms with Crippen LogP contribution in [0.15, 0.2) is 47.4 Å². The van der Waals surface area contributed by atoms with Crippen LogP contribution in [-0.2, 0) is 37.2 Å². The van der Waals surface area contributed by atoms with Gasteiger partial charge in [-0.15, -0.1) is 11.3 Å². The molecule has 1 saturated heterocycles. The Hall–Kier alpha value is -3.06. The molecule has 0 saturated carbocycles. The van der Waals surface area contributed by atoms with E-state index in [1.165, 1.54) is 11.3 Å².